The molecule has 19 heavy (non-hydrogen) atoms. The van der Waals surface area contributed by atoms with Crippen LogP contribution in [-0.2, 0) is 14.4 Å². The van der Waals surface area contributed by atoms with Crippen LogP contribution in [0.5, 0.6) is 0 Å². The van der Waals surface area contributed by atoms with Crippen LogP contribution in [0.3, 0.4) is 0 Å². The summed E-state index contributed by atoms with van der Waals surface area (Å²) in [6.45, 7) is 0. The molecule has 1 unspecified atom stereocenters. The van der Waals surface area contributed by atoms with Crippen LogP contribution in [0.25, 0.3) is 0 Å². The standard InChI is InChI=1S/C7H5O.C5H9NO4.K/c8-6-7-4-2-1-3-5-7;6-3(5(9)10)1-2-4(7)8;/h1-5H;3H,1-2,6H2,(H,7,8)(H,9,10);/q-1;;+1. The molecule has 0 aliphatic rings. The molecule has 0 amide bonds. The molecule has 7 heteroatoms. The van der Waals surface area contributed by atoms with Gasteiger partial charge in [0.1, 0.15) is 6.04 Å². The second-order valence-corrected chi connectivity index (χ2v) is 3.35. The van der Waals surface area contributed by atoms with Crippen LogP contribution in [0.4, 0.5) is 0 Å². The van der Waals surface area contributed by atoms with Gasteiger partial charge in [-0.2, -0.15) is 17.7 Å². The molecular formula is C12H14KNO5. The molecule has 0 aromatic heterocycles. The fourth-order valence-electron chi connectivity index (χ4n) is 0.909. The molecule has 0 radical (unpaired) electrons. The van der Waals surface area contributed by atoms with Crippen molar-refractivity contribution < 1.29 is 76.0 Å². The predicted molar refractivity (Wildman–Crippen MR) is 63.7 cm³/mol. The average Bonchev–Trinajstić information content (AvgIpc) is 2.37. The van der Waals surface area contributed by atoms with Gasteiger partial charge >= 0.3 is 63.3 Å². The molecule has 98 valence electrons. The zero-order valence-corrected chi connectivity index (χ0v) is 13.7. The van der Waals surface area contributed by atoms with E-state index < -0.39 is 18.0 Å². The summed E-state index contributed by atoms with van der Waals surface area (Å²) in [7, 11) is 0. The Balaban J connectivity index is 0. The van der Waals surface area contributed by atoms with Crippen LogP contribution in [0, 0.1) is 0 Å². The fourth-order valence-corrected chi connectivity index (χ4v) is 0.909. The van der Waals surface area contributed by atoms with E-state index in [-0.39, 0.29) is 64.2 Å². The van der Waals surface area contributed by atoms with Crippen molar-refractivity contribution in [2.75, 3.05) is 0 Å². The monoisotopic (exact) mass is 291 g/mol. The van der Waals surface area contributed by atoms with Gasteiger partial charge < -0.3 is 20.7 Å². The number of rotatable bonds is 5. The topological polar surface area (TPSA) is 118 Å². The van der Waals surface area contributed by atoms with E-state index in [1.807, 2.05) is 6.07 Å². The first-order valence-electron chi connectivity index (χ1n) is 5.10. The zero-order chi connectivity index (χ0) is 14.0. The Morgan fingerprint density at radius 2 is 1.74 bits per heavy atom. The van der Waals surface area contributed by atoms with E-state index in [0.717, 1.165) is 0 Å². The minimum absolute atomic E-state index is 0. The van der Waals surface area contributed by atoms with Crippen molar-refractivity contribution in [1.82, 2.24) is 0 Å². The maximum Gasteiger partial charge on any atom is 1.00 e. The van der Waals surface area contributed by atoms with Crippen LogP contribution in [0.2, 0.25) is 0 Å². The molecule has 1 aromatic rings. The molecule has 1 aromatic carbocycles. The fraction of sp³-hybridized carbons (Fsp3) is 0.250. The number of carbonyl (C=O) groups is 2. The van der Waals surface area contributed by atoms with Crippen molar-refractivity contribution in [2.24, 2.45) is 5.73 Å². The van der Waals surface area contributed by atoms with Crippen molar-refractivity contribution in [2.45, 2.75) is 18.9 Å². The molecule has 0 saturated carbocycles. The number of aliphatic carboxylic acids is 2. The van der Waals surface area contributed by atoms with Gasteiger partial charge in [0.05, 0.1) is 6.29 Å². The minimum atomic E-state index is -1.17. The molecule has 4 N–H and O–H groups in total. The average molecular weight is 291 g/mol. The summed E-state index contributed by atoms with van der Waals surface area (Å²) in [5.41, 5.74) is 5.61. The Kier molecular flexibility index (Phi) is 13.6. The van der Waals surface area contributed by atoms with Crippen molar-refractivity contribution in [3.05, 3.63) is 35.9 Å². The van der Waals surface area contributed by atoms with E-state index >= 15 is 0 Å². The number of carboxylic acid groups (broad SMARTS) is 2. The van der Waals surface area contributed by atoms with E-state index in [9.17, 15) is 14.4 Å². The van der Waals surface area contributed by atoms with Gasteiger partial charge in [-0.25, -0.2) is 0 Å². The summed E-state index contributed by atoms with van der Waals surface area (Å²) in [5.74, 6) is -2.20. The molecule has 0 bridgehead atoms. The second kappa shape index (κ2) is 12.5. The van der Waals surface area contributed by atoms with Gasteiger partial charge in [-0.3, -0.25) is 9.59 Å². The van der Waals surface area contributed by atoms with Gasteiger partial charge in [0.2, 0.25) is 0 Å². The summed E-state index contributed by atoms with van der Waals surface area (Å²) >= 11 is 0. The van der Waals surface area contributed by atoms with Crippen LogP contribution in [0.15, 0.2) is 30.3 Å². The Bertz CT molecular complexity index is 396. The third-order valence-corrected chi connectivity index (χ3v) is 1.88. The van der Waals surface area contributed by atoms with Gasteiger partial charge in [-0.05, 0) is 6.42 Å². The number of benzene rings is 1. The molecular weight excluding hydrogens is 277 g/mol. The van der Waals surface area contributed by atoms with Crippen molar-refractivity contribution in [1.29, 1.82) is 0 Å². The number of hydrogen-bond donors (Lipinski definition) is 3. The summed E-state index contributed by atoms with van der Waals surface area (Å²) < 4.78 is 0. The Morgan fingerprint density at radius 1 is 1.21 bits per heavy atom. The van der Waals surface area contributed by atoms with Crippen molar-refractivity contribution >= 4 is 18.2 Å². The summed E-state index contributed by atoms with van der Waals surface area (Å²) in [6.07, 6.45) is 1.55. The molecule has 0 heterocycles. The molecule has 0 aliphatic carbocycles. The third-order valence-electron chi connectivity index (χ3n) is 1.88. The van der Waals surface area contributed by atoms with Gasteiger partial charge in [0.15, 0.2) is 0 Å². The SMILES string of the molecule is NC(CCC(=O)O)C(=O)O.O=[C-]c1ccccc1.[K+]. The Labute approximate surface area is 153 Å². The molecule has 0 fully saturated rings. The Morgan fingerprint density at radius 3 is 2.05 bits per heavy atom. The number of carbonyl (C=O) groups excluding carboxylic acids is 1. The quantitative estimate of drug-likeness (QED) is 0.405. The summed E-state index contributed by atoms with van der Waals surface area (Å²) in [6, 6.07) is 7.84. The minimum Gasteiger partial charge on any atom is -0.481 e. The molecule has 1 rings (SSSR count). The van der Waals surface area contributed by atoms with Crippen molar-refractivity contribution in [3.63, 3.8) is 0 Å². The first-order valence-corrected chi connectivity index (χ1v) is 5.10. The number of hydrogen-bond acceptors (Lipinski definition) is 4. The molecule has 0 saturated heterocycles. The molecule has 1 atom stereocenters. The van der Waals surface area contributed by atoms with E-state index in [2.05, 4.69) is 0 Å². The van der Waals surface area contributed by atoms with E-state index in [1.54, 1.807) is 30.6 Å². The number of carboxylic acids is 2. The largest absolute Gasteiger partial charge is 1.00 e. The number of nitrogens with two attached hydrogens (primary N) is 1. The third kappa shape index (κ3) is 12.2. The van der Waals surface area contributed by atoms with Crippen LogP contribution < -0.4 is 57.1 Å². The van der Waals surface area contributed by atoms with Crippen LogP contribution >= 0.6 is 0 Å². The van der Waals surface area contributed by atoms with E-state index in [0.29, 0.717) is 5.56 Å². The molecule has 0 aliphatic heterocycles. The van der Waals surface area contributed by atoms with Gasteiger partial charge in [0, 0.05) is 6.42 Å². The smallest absolute Gasteiger partial charge is 0.481 e. The normalized spacial score (nSPS) is 10.2. The summed E-state index contributed by atoms with van der Waals surface area (Å²) in [5, 5.41) is 16.3. The zero-order valence-electron chi connectivity index (χ0n) is 10.6. The van der Waals surface area contributed by atoms with E-state index in [4.69, 9.17) is 15.9 Å². The maximum absolute atomic E-state index is 9.99. The Hall–Kier alpha value is -0.574. The summed E-state index contributed by atoms with van der Waals surface area (Å²) in [4.78, 5) is 29.8. The first-order chi connectivity index (χ1) is 8.47. The van der Waals surface area contributed by atoms with Crippen LogP contribution in [0.1, 0.15) is 18.4 Å². The van der Waals surface area contributed by atoms with Gasteiger partial charge in [-0.1, -0.05) is 6.07 Å². The molecule has 6 nitrogen and oxygen atoms in total. The second-order valence-electron chi connectivity index (χ2n) is 3.35. The van der Waals surface area contributed by atoms with E-state index in [1.165, 1.54) is 0 Å². The first kappa shape index (κ1) is 20.7. The van der Waals surface area contributed by atoms with Crippen LogP contribution in [-0.4, -0.2) is 34.5 Å². The predicted octanol–water partition coefficient (Wildman–Crippen LogP) is -2.59. The maximum atomic E-state index is 9.99. The molecule has 0 spiro atoms. The van der Waals surface area contributed by atoms with Gasteiger partial charge in [-0.15, -0.1) is 12.1 Å². The van der Waals surface area contributed by atoms with Gasteiger partial charge in [0.25, 0.3) is 0 Å². The van der Waals surface area contributed by atoms with Crippen molar-refractivity contribution in [3.8, 4) is 0 Å².